The maximum Gasteiger partial charge on any atom is 0.405 e. The lowest BCUT2D eigenvalue weighted by atomic mass is 9.94. The zero-order valence-corrected chi connectivity index (χ0v) is 12.3. The van der Waals surface area contributed by atoms with Crippen LogP contribution in [0.3, 0.4) is 0 Å². The Morgan fingerprint density at radius 3 is 1.94 bits per heavy atom. The van der Waals surface area contributed by atoms with Crippen LogP contribution >= 0.6 is 7.75 Å². The van der Waals surface area contributed by atoms with E-state index in [-0.39, 0.29) is 5.54 Å². The Bertz CT molecular complexity index is 231. The van der Waals surface area contributed by atoms with Crippen LogP contribution in [-0.4, -0.2) is 18.8 Å². The van der Waals surface area contributed by atoms with E-state index < -0.39 is 7.75 Å². The molecule has 0 saturated heterocycles. The molecule has 0 bridgehead atoms. The Kier molecular flexibility index (Phi) is 6.80. The number of nitrogens with one attached hydrogen (secondary N) is 1. The SMILES string of the molecule is CCOP(=O)(NC(C)(C)CC(C)C)OCC. The van der Waals surface area contributed by atoms with E-state index in [1.165, 1.54) is 0 Å². The monoisotopic (exact) mass is 251 g/mol. The van der Waals surface area contributed by atoms with Gasteiger partial charge in [-0.2, -0.15) is 0 Å². The molecule has 16 heavy (non-hydrogen) atoms. The Labute approximate surface area is 99.7 Å². The zero-order valence-electron chi connectivity index (χ0n) is 11.4. The minimum Gasteiger partial charge on any atom is -0.297 e. The maximum atomic E-state index is 12.3. The van der Waals surface area contributed by atoms with Crippen molar-refractivity contribution in [1.82, 2.24) is 5.09 Å². The van der Waals surface area contributed by atoms with E-state index in [1.54, 1.807) is 0 Å². The summed E-state index contributed by atoms with van der Waals surface area (Å²) < 4.78 is 22.7. The number of hydrogen-bond acceptors (Lipinski definition) is 3. The summed E-state index contributed by atoms with van der Waals surface area (Å²) >= 11 is 0. The van der Waals surface area contributed by atoms with Gasteiger partial charge >= 0.3 is 7.75 Å². The van der Waals surface area contributed by atoms with Crippen molar-refractivity contribution in [3.63, 3.8) is 0 Å². The zero-order chi connectivity index (χ0) is 12.8. The lowest BCUT2D eigenvalue weighted by Gasteiger charge is -2.31. The minimum absolute atomic E-state index is 0.256. The van der Waals surface area contributed by atoms with Gasteiger partial charge in [-0.25, -0.2) is 9.65 Å². The molecule has 0 atom stereocenters. The molecule has 0 aliphatic heterocycles. The fraction of sp³-hybridized carbons (Fsp3) is 1.00. The summed E-state index contributed by atoms with van der Waals surface area (Å²) in [5.74, 6) is 0.527. The standard InChI is InChI=1S/C11H26NO3P/c1-7-14-16(13,15-8-2)12-11(5,6)9-10(3)4/h10H,7-9H2,1-6H3,(H,12,13). The highest BCUT2D eigenvalue weighted by molar-refractivity contribution is 7.51. The van der Waals surface area contributed by atoms with Crippen LogP contribution in [0.2, 0.25) is 0 Å². The molecule has 98 valence electrons. The summed E-state index contributed by atoms with van der Waals surface area (Å²) in [6.07, 6.45) is 0.914. The van der Waals surface area contributed by atoms with Crippen LogP contribution in [0, 0.1) is 5.92 Å². The van der Waals surface area contributed by atoms with Crippen molar-refractivity contribution < 1.29 is 13.6 Å². The summed E-state index contributed by atoms with van der Waals surface area (Å²) in [7, 11) is -3.15. The van der Waals surface area contributed by atoms with Crippen LogP contribution in [-0.2, 0) is 13.6 Å². The molecule has 5 heteroatoms. The van der Waals surface area contributed by atoms with E-state index in [0.717, 1.165) is 6.42 Å². The Balaban J connectivity index is 4.54. The van der Waals surface area contributed by atoms with Gasteiger partial charge in [-0.1, -0.05) is 13.8 Å². The molecule has 0 aromatic rings. The van der Waals surface area contributed by atoms with Gasteiger partial charge in [-0.15, -0.1) is 0 Å². The maximum absolute atomic E-state index is 12.3. The molecule has 0 heterocycles. The number of rotatable bonds is 8. The molecule has 0 unspecified atom stereocenters. The van der Waals surface area contributed by atoms with Crippen molar-refractivity contribution >= 4 is 7.75 Å². The fourth-order valence-corrected chi connectivity index (χ4v) is 3.59. The van der Waals surface area contributed by atoms with Gasteiger partial charge in [-0.05, 0) is 40.0 Å². The first-order valence-electron chi connectivity index (χ1n) is 5.93. The second kappa shape index (κ2) is 6.75. The highest BCUT2D eigenvalue weighted by atomic mass is 31.2. The first kappa shape index (κ1) is 16.1. The van der Waals surface area contributed by atoms with Gasteiger partial charge < -0.3 is 0 Å². The second-order valence-electron chi connectivity index (χ2n) is 4.93. The molecular formula is C11H26NO3P. The quantitative estimate of drug-likeness (QED) is 0.670. The smallest absolute Gasteiger partial charge is 0.297 e. The van der Waals surface area contributed by atoms with Crippen LogP contribution in [0.15, 0.2) is 0 Å². The molecule has 0 spiro atoms. The van der Waals surface area contributed by atoms with Gasteiger partial charge in [0.05, 0.1) is 13.2 Å². The van der Waals surface area contributed by atoms with Gasteiger partial charge in [0.25, 0.3) is 0 Å². The third-order valence-electron chi connectivity index (χ3n) is 1.96. The molecule has 0 amide bonds. The average Bonchev–Trinajstić information content (AvgIpc) is 1.99. The molecule has 0 aliphatic carbocycles. The van der Waals surface area contributed by atoms with Gasteiger partial charge in [0, 0.05) is 5.54 Å². The summed E-state index contributed by atoms with van der Waals surface area (Å²) in [5, 5.41) is 3.01. The first-order chi connectivity index (χ1) is 7.24. The predicted octanol–water partition coefficient (Wildman–Crippen LogP) is 3.58. The molecule has 0 fully saturated rings. The van der Waals surface area contributed by atoms with E-state index in [4.69, 9.17) is 9.05 Å². The molecular weight excluding hydrogens is 225 g/mol. The predicted molar refractivity (Wildman–Crippen MR) is 67.5 cm³/mol. The largest absolute Gasteiger partial charge is 0.405 e. The number of hydrogen-bond donors (Lipinski definition) is 1. The first-order valence-corrected chi connectivity index (χ1v) is 7.47. The van der Waals surface area contributed by atoms with Gasteiger partial charge in [0.1, 0.15) is 0 Å². The van der Waals surface area contributed by atoms with Crippen LogP contribution in [0.1, 0.15) is 48.0 Å². The van der Waals surface area contributed by atoms with E-state index in [9.17, 15) is 4.57 Å². The lowest BCUT2D eigenvalue weighted by Crippen LogP contribution is -2.39. The third-order valence-corrected chi connectivity index (χ3v) is 4.03. The molecule has 0 rings (SSSR count). The topological polar surface area (TPSA) is 47.6 Å². The van der Waals surface area contributed by atoms with Crippen molar-refractivity contribution in [1.29, 1.82) is 0 Å². The van der Waals surface area contributed by atoms with Crippen LogP contribution in [0.5, 0.6) is 0 Å². The van der Waals surface area contributed by atoms with Crippen molar-refractivity contribution in [3.05, 3.63) is 0 Å². The van der Waals surface area contributed by atoms with E-state index in [0.29, 0.717) is 19.1 Å². The molecule has 0 radical (unpaired) electrons. The van der Waals surface area contributed by atoms with Crippen molar-refractivity contribution in [2.45, 2.75) is 53.5 Å². The van der Waals surface area contributed by atoms with Crippen molar-refractivity contribution in [2.24, 2.45) is 5.92 Å². The third kappa shape index (κ3) is 6.64. The molecule has 0 aromatic heterocycles. The van der Waals surface area contributed by atoms with Crippen molar-refractivity contribution in [2.75, 3.05) is 13.2 Å². The fourth-order valence-electron chi connectivity index (χ4n) is 1.88. The van der Waals surface area contributed by atoms with Crippen molar-refractivity contribution in [3.8, 4) is 0 Å². The average molecular weight is 251 g/mol. The van der Waals surface area contributed by atoms with E-state index >= 15 is 0 Å². The Morgan fingerprint density at radius 1 is 1.19 bits per heavy atom. The Morgan fingerprint density at radius 2 is 1.62 bits per heavy atom. The molecule has 1 N–H and O–H groups in total. The van der Waals surface area contributed by atoms with Crippen LogP contribution in [0.4, 0.5) is 0 Å². The van der Waals surface area contributed by atoms with Gasteiger partial charge in [0.15, 0.2) is 0 Å². The van der Waals surface area contributed by atoms with Crippen LogP contribution < -0.4 is 5.09 Å². The van der Waals surface area contributed by atoms with Crippen LogP contribution in [0.25, 0.3) is 0 Å². The Hall–Kier alpha value is 0.110. The molecule has 4 nitrogen and oxygen atoms in total. The van der Waals surface area contributed by atoms with Gasteiger partial charge in [-0.3, -0.25) is 9.05 Å². The van der Waals surface area contributed by atoms with E-state index in [2.05, 4.69) is 18.9 Å². The summed E-state index contributed by atoms with van der Waals surface area (Å²) in [6, 6.07) is 0. The summed E-state index contributed by atoms with van der Waals surface area (Å²) in [5.41, 5.74) is -0.256. The summed E-state index contributed by atoms with van der Waals surface area (Å²) in [6.45, 7) is 12.7. The summed E-state index contributed by atoms with van der Waals surface area (Å²) in [4.78, 5) is 0. The molecule has 0 aliphatic rings. The molecule has 0 aromatic carbocycles. The lowest BCUT2D eigenvalue weighted by molar-refractivity contribution is 0.195. The highest BCUT2D eigenvalue weighted by Crippen LogP contribution is 2.46. The van der Waals surface area contributed by atoms with Gasteiger partial charge in [0.2, 0.25) is 0 Å². The molecule has 0 saturated carbocycles. The second-order valence-corrected chi connectivity index (χ2v) is 6.66. The normalized spacial score (nSPS) is 13.4. The van der Waals surface area contributed by atoms with E-state index in [1.807, 2.05) is 27.7 Å². The highest BCUT2D eigenvalue weighted by Gasteiger charge is 2.32. The minimum atomic E-state index is -3.15.